The van der Waals surface area contributed by atoms with E-state index in [1.54, 1.807) is 7.11 Å². The normalized spacial score (nSPS) is 18.1. The third-order valence-corrected chi connectivity index (χ3v) is 6.29. The van der Waals surface area contributed by atoms with Crippen molar-refractivity contribution in [3.63, 3.8) is 0 Å². The molecule has 1 aliphatic heterocycles. The summed E-state index contributed by atoms with van der Waals surface area (Å²) in [5.74, 6) is 0.922. The van der Waals surface area contributed by atoms with Gasteiger partial charge in [-0.1, -0.05) is 36.9 Å². The van der Waals surface area contributed by atoms with Crippen LogP contribution in [0.3, 0.4) is 0 Å². The molecule has 0 saturated heterocycles. The molecule has 0 bridgehead atoms. The van der Waals surface area contributed by atoms with E-state index in [1.165, 1.54) is 5.56 Å². The summed E-state index contributed by atoms with van der Waals surface area (Å²) in [6.07, 6.45) is 2.27. The van der Waals surface area contributed by atoms with Crippen molar-refractivity contribution in [2.24, 2.45) is 0 Å². The summed E-state index contributed by atoms with van der Waals surface area (Å²) < 4.78 is 11.2. The minimum absolute atomic E-state index is 0.244. The van der Waals surface area contributed by atoms with Crippen molar-refractivity contribution in [1.82, 2.24) is 5.32 Å². The van der Waals surface area contributed by atoms with E-state index < -0.39 is 0 Å². The Kier molecular flexibility index (Phi) is 6.35. The number of nitrogens with one attached hydrogen (secondary N) is 2. The Morgan fingerprint density at radius 1 is 1.19 bits per heavy atom. The zero-order valence-corrected chi connectivity index (χ0v) is 19.0. The summed E-state index contributed by atoms with van der Waals surface area (Å²) in [4.78, 5) is 12.9. The van der Waals surface area contributed by atoms with Crippen molar-refractivity contribution >= 4 is 11.7 Å². The third-order valence-electron chi connectivity index (χ3n) is 6.29. The first-order chi connectivity index (χ1) is 15.5. The highest BCUT2D eigenvalue weighted by atomic mass is 16.5. The van der Waals surface area contributed by atoms with Crippen LogP contribution >= 0.6 is 0 Å². The molecular weight excluding hydrogens is 400 g/mol. The van der Waals surface area contributed by atoms with Crippen molar-refractivity contribution in [1.29, 1.82) is 0 Å². The first-order valence-electron chi connectivity index (χ1n) is 10.9. The number of para-hydroxylation sites is 1. The standard InChI is InChI=1S/C27H30N2O3/c1-17-12-20(22-10-5-6-11-26(22)31-4)14-25-23(17)15-24(18(2)29-25)27(30)32-16-19-8-7-9-21(13-19)28-3/h5-11,13,20,28-29H,1,12,14-16H2,2-4H3/t20-/m0/s1. The van der Waals surface area contributed by atoms with E-state index >= 15 is 0 Å². The number of dihydropyridines is 1. The quantitative estimate of drug-likeness (QED) is 0.598. The van der Waals surface area contributed by atoms with Gasteiger partial charge in [-0.2, -0.15) is 0 Å². The van der Waals surface area contributed by atoms with Gasteiger partial charge in [0.25, 0.3) is 0 Å². The number of hydrogen-bond acceptors (Lipinski definition) is 5. The number of carbonyl (C=O) groups excluding carboxylic acids is 1. The van der Waals surface area contributed by atoms with Gasteiger partial charge < -0.3 is 20.1 Å². The van der Waals surface area contributed by atoms with Crippen LogP contribution in [0.2, 0.25) is 0 Å². The van der Waals surface area contributed by atoms with Gasteiger partial charge in [0.1, 0.15) is 12.4 Å². The first kappa shape index (κ1) is 21.8. The van der Waals surface area contributed by atoms with E-state index in [4.69, 9.17) is 9.47 Å². The molecule has 0 saturated carbocycles. The molecule has 4 rings (SSSR count). The lowest BCUT2D eigenvalue weighted by molar-refractivity contribution is -0.140. The van der Waals surface area contributed by atoms with Crippen molar-refractivity contribution in [2.75, 3.05) is 19.5 Å². The Balaban J connectivity index is 1.46. The molecule has 5 nitrogen and oxygen atoms in total. The van der Waals surface area contributed by atoms with Gasteiger partial charge in [-0.15, -0.1) is 0 Å². The maximum atomic E-state index is 12.9. The molecule has 1 aliphatic carbocycles. The van der Waals surface area contributed by atoms with Gasteiger partial charge in [0.05, 0.1) is 12.7 Å². The molecule has 2 aromatic carbocycles. The number of hydrogen-bond donors (Lipinski definition) is 2. The molecule has 0 fully saturated rings. The van der Waals surface area contributed by atoms with E-state index in [2.05, 4.69) is 23.3 Å². The molecule has 0 spiro atoms. The summed E-state index contributed by atoms with van der Waals surface area (Å²) >= 11 is 0. The number of ether oxygens (including phenoxy) is 2. The molecule has 0 amide bonds. The van der Waals surface area contributed by atoms with Crippen molar-refractivity contribution in [2.45, 2.75) is 38.7 Å². The SMILES string of the molecule is C=C1C[C@H](c2ccccc2OC)CC2=C1CC(C(=O)OCc1cccc(NC)c1)=C(C)N2. The third kappa shape index (κ3) is 4.42. The van der Waals surface area contributed by atoms with E-state index in [0.29, 0.717) is 17.9 Å². The van der Waals surface area contributed by atoms with Crippen molar-refractivity contribution in [3.8, 4) is 5.75 Å². The second-order valence-corrected chi connectivity index (χ2v) is 8.34. The topological polar surface area (TPSA) is 59.6 Å². The Morgan fingerprint density at radius 2 is 2.00 bits per heavy atom. The fraction of sp³-hybridized carbons (Fsp3) is 0.296. The highest BCUT2D eigenvalue weighted by Gasteiger charge is 2.32. The van der Waals surface area contributed by atoms with Crippen molar-refractivity contribution in [3.05, 3.63) is 94.4 Å². The number of benzene rings is 2. The zero-order valence-electron chi connectivity index (χ0n) is 19.0. The highest BCUT2D eigenvalue weighted by molar-refractivity contribution is 5.90. The van der Waals surface area contributed by atoms with Crippen LogP contribution in [-0.4, -0.2) is 20.1 Å². The number of allylic oxidation sites excluding steroid dienone is 4. The maximum Gasteiger partial charge on any atom is 0.336 e. The predicted molar refractivity (Wildman–Crippen MR) is 127 cm³/mol. The van der Waals surface area contributed by atoms with Crippen LogP contribution in [-0.2, 0) is 16.1 Å². The van der Waals surface area contributed by atoms with Crippen LogP contribution < -0.4 is 15.4 Å². The number of anilines is 1. The van der Waals surface area contributed by atoms with Gasteiger partial charge >= 0.3 is 5.97 Å². The Hall–Kier alpha value is -3.47. The molecule has 1 atom stereocenters. The van der Waals surface area contributed by atoms with Gasteiger partial charge in [-0.05, 0) is 66.2 Å². The van der Waals surface area contributed by atoms with Crippen LogP contribution in [0.1, 0.15) is 43.2 Å². The van der Waals surface area contributed by atoms with Crippen LogP contribution in [0.25, 0.3) is 0 Å². The lowest BCUT2D eigenvalue weighted by atomic mass is 9.77. The molecule has 2 aromatic rings. The van der Waals surface area contributed by atoms with E-state index in [-0.39, 0.29) is 12.6 Å². The second-order valence-electron chi connectivity index (χ2n) is 8.34. The number of esters is 1. The van der Waals surface area contributed by atoms with Gasteiger partial charge in [-0.3, -0.25) is 0 Å². The molecule has 2 aliphatic rings. The molecule has 166 valence electrons. The first-order valence-corrected chi connectivity index (χ1v) is 10.9. The summed E-state index contributed by atoms with van der Waals surface area (Å²) in [5, 5.41) is 6.58. The minimum atomic E-state index is -0.281. The van der Waals surface area contributed by atoms with Gasteiger partial charge in [-0.25, -0.2) is 4.79 Å². The number of methoxy groups -OCH3 is 1. The van der Waals surface area contributed by atoms with E-state index in [1.807, 2.05) is 56.4 Å². The summed E-state index contributed by atoms with van der Waals surface area (Å²) in [6, 6.07) is 16.0. The molecule has 32 heavy (non-hydrogen) atoms. The zero-order chi connectivity index (χ0) is 22.7. The summed E-state index contributed by atoms with van der Waals surface area (Å²) in [6.45, 7) is 6.53. The lowest BCUT2D eigenvalue weighted by Gasteiger charge is -2.34. The summed E-state index contributed by atoms with van der Waals surface area (Å²) in [5.41, 5.74) is 8.00. The minimum Gasteiger partial charge on any atom is -0.496 e. The predicted octanol–water partition coefficient (Wildman–Crippen LogP) is 5.44. The van der Waals surface area contributed by atoms with Crippen molar-refractivity contribution < 1.29 is 14.3 Å². The van der Waals surface area contributed by atoms with Gasteiger partial charge in [0.15, 0.2) is 0 Å². The largest absolute Gasteiger partial charge is 0.496 e. The molecule has 1 heterocycles. The lowest BCUT2D eigenvalue weighted by Crippen LogP contribution is -2.28. The Bertz CT molecular complexity index is 1110. The molecule has 0 aromatic heterocycles. The monoisotopic (exact) mass is 430 g/mol. The van der Waals surface area contributed by atoms with Crippen LogP contribution in [0.4, 0.5) is 5.69 Å². The molecule has 2 N–H and O–H groups in total. The number of rotatable bonds is 6. The fourth-order valence-electron chi connectivity index (χ4n) is 4.55. The van der Waals surface area contributed by atoms with Crippen LogP contribution in [0.5, 0.6) is 5.75 Å². The average molecular weight is 431 g/mol. The van der Waals surface area contributed by atoms with E-state index in [9.17, 15) is 4.79 Å². The Labute approximate surface area is 189 Å². The highest BCUT2D eigenvalue weighted by Crippen LogP contribution is 2.44. The van der Waals surface area contributed by atoms with Gasteiger partial charge in [0, 0.05) is 30.5 Å². The van der Waals surface area contributed by atoms with Crippen LogP contribution in [0, 0.1) is 0 Å². The van der Waals surface area contributed by atoms with Crippen LogP contribution in [0.15, 0.2) is 83.2 Å². The molecule has 5 heteroatoms. The Morgan fingerprint density at radius 3 is 2.78 bits per heavy atom. The number of carbonyl (C=O) groups is 1. The smallest absolute Gasteiger partial charge is 0.336 e. The van der Waals surface area contributed by atoms with Gasteiger partial charge in [0.2, 0.25) is 0 Å². The summed E-state index contributed by atoms with van der Waals surface area (Å²) in [7, 11) is 3.58. The molecular formula is C27H30N2O3. The average Bonchev–Trinajstić information content (AvgIpc) is 2.82. The van der Waals surface area contributed by atoms with E-state index in [0.717, 1.165) is 52.4 Å². The maximum absolute atomic E-state index is 12.9. The molecule has 0 radical (unpaired) electrons. The fourth-order valence-corrected chi connectivity index (χ4v) is 4.55. The second kappa shape index (κ2) is 9.35. The molecule has 0 unspecified atom stereocenters.